The van der Waals surface area contributed by atoms with E-state index in [0.717, 1.165) is 35.6 Å². The minimum absolute atomic E-state index is 0.913. The van der Waals surface area contributed by atoms with Crippen molar-refractivity contribution in [3.63, 3.8) is 0 Å². The average molecular weight is 261 g/mol. The molecule has 0 heterocycles. The molecule has 19 heavy (non-hydrogen) atoms. The maximum absolute atomic E-state index is 4.01. The smallest absolute Gasteiger partial charge is 0.0124 e. The fourth-order valence-electron chi connectivity index (χ4n) is 6.19. The topological polar surface area (TPSA) is 12.0 Å². The Morgan fingerprint density at radius 1 is 0.737 bits per heavy atom. The highest BCUT2D eigenvalue weighted by molar-refractivity contribution is 5.01. The lowest BCUT2D eigenvalue weighted by Crippen LogP contribution is -2.54. The van der Waals surface area contributed by atoms with E-state index in [1.165, 1.54) is 45.1 Å². The summed E-state index contributed by atoms with van der Waals surface area (Å²) in [6.45, 7) is 1.32. The third-order valence-electron chi connectivity index (χ3n) is 6.88. The number of rotatable bonds is 4. The molecular formula is C18H31N. The van der Waals surface area contributed by atoms with E-state index in [4.69, 9.17) is 0 Å². The summed E-state index contributed by atoms with van der Waals surface area (Å²) in [7, 11) is 0. The number of nitrogens with one attached hydrogen (secondary N) is 1. The molecule has 0 aromatic rings. The van der Waals surface area contributed by atoms with Crippen LogP contribution in [0.2, 0.25) is 0 Å². The molecule has 0 aliphatic heterocycles. The van der Waals surface area contributed by atoms with Gasteiger partial charge >= 0.3 is 0 Å². The summed E-state index contributed by atoms with van der Waals surface area (Å²) < 4.78 is 0. The summed E-state index contributed by atoms with van der Waals surface area (Å²) >= 11 is 0. The lowest BCUT2D eigenvalue weighted by molar-refractivity contribution is -0.0140. The summed E-state index contributed by atoms with van der Waals surface area (Å²) in [4.78, 5) is 0. The third kappa shape index (κ3) is 2.60. The SMILES string of the molecule is C1CCC(CCNC2C3CC4CC(C3)CC2C4)CC1. The van der Waals surface area contributed by atoms with Crippen LogP contribution >= 0.6 is 0 Å². The van der Waals surface area contributed by atoms with Gasteiger partial charge in [-0.15, -0.1) is 0 Å². The lowest BCUT2D eigenvalue weighted by atomic mass is 9.54. The van der Waals surface area contributed by atoms with Crippen LogP contribution in [-0.4, -0.2) is 12.6 Å². The summed E-state index contributed by atoms with van der Waals surface area (Å²) in [6.07, 6.45) is 16.8. The normalized spacial score (nSPS) is 45.8. The van der Waals surface area contributed by atoms with Crippen molar-refractivity contribution in [1.29, 1.82) is 0 Å². The first-order chi connectivity index (χ1) is 9.38. The Labute approximate surface area is 118 Å². The van der Waals surface area contributed by atoms with Crippen LogP contribution in [-0.2, 0) is 0 Å². The van der Waals surface area contributed by atoms with Gasteiger partial charge in [-0.05, 0) is 74.7 Å². The molecule has 5 aliphatic carbocycles. The second-order valence-corrected chi connectivity index (χ2v) is 8.20. The van der Waals surface area contributed by atoms with Crippen molar-refractivity contribution in [2.45, 2.75) is 76.7 Å². The molecule has 0 aromatic heterocycles. The van der Waals surface area contributed by atoms with E-state index in [0.29, 0.717) is 0 Å². The Kier molecular flexibility index (Phi) is 3.60. The Morgan fingerprint density at radius 2 is 1.37 bits per heavy atom. The standard InChI is InChI=1S/C18H31N/c1-2-4-13(5-3-1)6-7-19-18-16-9-14-8-15(11-16)12-17(18)10-14/h13-19H,1-12H2. The molecule has 5 fully saturated rings. The average Bonchev–Trinajstić information content (AvgIpc) is 2.42. The highest BCUT2D eigenvalue weighted by atomic mass is 14.9. The zero-order valence-corrected chi connectivity index (χ0v) is 12.4. The monoisotopic (exact) mass is 261 g/mol. The van der Waals surface area contributed by atoms with Crippen LogP contribution in [0.15, 0.2) is 0 Å². The Balaban J connectivity index is 1.26. The summed E-state index contributed by atoms with van der Waals surface area (Å²) in [6, 6.07) is 0.913. The third-order valence-corrected chi connectivity index (χ3v) is 6.88. The molecule has 0 radical (unpaired) electrons. The van der Waals surface area contributed by atoms with Gasteiger partial charge in [-0.2, -0.15) is 0 Å². The molecule has 0 aromatic carbocycles. The molecular weight excluding hydrogens is 230 g/mol. The molecule has 0 spiro atoms. The van der Waals surface area contributed by atoms with Gasteiger partial charge in [0, 0.05) is 6.04 Å². The Morgan fingerprint density at radius 3 is 2.00 bits per heavy atom. The quantitative estimate of drug-likeness (QED) is 0.792. The van der Waals surface area contributed by atoms with Gasteiger partial charge in [0.25, 0.3) is 0 Å². The highest BCUT2D eigenvalue weighted by Crippen LogP contribution is 2.53. The van der Waals surface area contributed by atoms with E-state index < -0.39 is 0 Å². The van der Waals surface area contributed by atoms with E-state index in [-0.39, 0.29) is 0 Å². The van der Waals surface area contributed by atoms with E-state index >= 15 is 0 Å². The molecule has 4 bridgehead atoms. The van der Waals surface area contributed by atoms with E-state index in [9.17, 15) is 0 Å². The minimum atomic E-state index is 0.913. The molecule has 1 nitrogen and oxygen atoms in total. The Hall–Kier alpha value is -0.0400. The predicted octanol–water partition coefficient (Wildman–Crippen LogP) is 4.37. The van der Waals surface area contributed by atoms with Crippen LogP contribution in [0.5, 0.6) is 0 Å². The fourth-order valence-corrected chi connectivity index (χ4v) is 6.19. The van der Waals surface area contributed by atoms with Crippen molar-refractivity contribution in [2.24, 2.45) is 29.6 Å². The van der Waals surface area contributed by atoms with Crippen LogP contribution < -0.4 is 5.32 Å². The number of hydrogen-bond acceptors (Lipinski definition) is 1. The van der Waals surface area contributed by atoms with E-state index in [2.05, 4.69) is 5.32 Å². The predicted molar refractivity (Wildman–Crippen MR) is 80.0 cm³/mol. The highest BCUT2D eigenvalue weighted by Gasteiger charge is 2.47. The van der Waals surface area contributed by atoms with Crippen LogP contribution in [0.1, 0.15) is 70.6 Å². The van der Waals surface area contributed by atoms with Gasteiger partial charge in [0.05, 0.1) is 0 Å². The number of hydrogen-bond donors (Lipinski definition) is 1. The van der Waals surface area contributed by atoms with Gasteiger partial charge in [-0.25, -0.2) is 0 Å². The summed E-state index contributed by atoms with van der Waals surface area (Å²) in [5.74, 6) is 5.42. The molecule has 0 atom stereocenters. The maximum Gasteiger partial charge on any atom is 0.0124 e. The lowest BCUT2D eigenvalue weighted by Gasteiger charge is -2.54. The van der Waals surface area contributed by atoms with Gasteiger partial charge in [-0.1, -0.05) is 32.1 Å². The molecule has 5 saturated carbocycles. The van der Waals surface area contributed by atoms with Gasteiger partial charge in [0.1, 0.15) is 0 Å². The largest absolute Gasteiger partial charge is 0.313 e. The second kappa shape index (κ2) is 5.39. The molecule has 5 rings (SSSR count). The van der Waals surface area contributed by atoms with Crippen LogP contribution in [0.3, 0.4) is 0 Å². The second-order valence-electron chi connectivity index (χ2n) is 8.20. The van der Waals surface area contributed by atoms with Gasteiger partial charge in [-0.3, -0.25) is 0 Å². The zero-order chi connectivity index (χ0) is 12.7. The molecule has 1 heteroatoms. The first kappa shape index (κ1) is 12.7. The van der Waals surface area contributed by atoms with Crippen LogP contribution in [0.25, 0.3) is 0 Å². The molecule has 0 unspecified atom stereocenters. The molecule has 0 amide bonds. The van der Waals surface area contributed by atoms with E-state index in [1.54, 1.807) is 32.1 Å². The van der Waals surface area contributed by atoms with Crippen molar-refractivity contribution >= 4 is 0 Å². The van der Waals surface area contributed by atoms with Crippen molar-refractivity contribution in [3.05, 3.63) is 0 Å². The van der Waals surface area contributed by atoms with E-state index in [1.807, 2.05) is 0 Å². The zero-order valence-electron chi connectivity index (χ0n) is 12.4. The maximum atomic E-state index is 4.01. The van der Waals surface area contributed by atoms with Crippen LogP contribution in [0, 0.1) is 29.6 Å². The molecule has 0 saturated heterocycles. The fraction of sp³-hybridized carbons (Fsp3) is 1.00. The van der Waals surface area contributed by atoms with Gasteiger partial charge in [0.2, 0.25) is 0 Å². The molecule has 5 aliphatic rings. The van der Waals surface area contributed by atoms with Crippen molar-refractivity contribution < 1.29 is 0 Å². The molecule has 108 valence electrons. The Bertz CT molecular complexity index is 277. The van der Waals surface area contributed by atoms with Crippen molar-refractivity contribution in [1.82, 2.24) is 5.32 Å². The van der Waals surface area contributed by atoms with Gasteiger partial charge in [0.15, 0.2) is 0 Å². The first-order valence-corrected chi connectivity index (χ1v) is 9.12. The molecule has 1 N–H and O–H groups in total. The first-order valence-electron chi connectivity index (χ1n) is 9.12. The summed E-state index contributed by atoms with van der Waals surface area (Å²) in [5.41, 5.74) is 0. The van der Waals surface area contributed by atoms with Crippen molar-refractivity contribution in [2.75, 3.05) is 6.54 Å². The van der Waals surface area contributed by atoms with Gasteiger partial charge < -0.3 is 5.32 Å². The minimum Gasteiger partial charge on any atom is -0.313 e. The van der Waals surface area contributed by atoms with Crippen molar-refractivity contribution in [3.8, 4) is 0 Å². The summed E-state index contributed by atoms with van der Waals surface area (Å²) in [5, 5.41) is 4.01. The van der Waals surface area contributed by atoms with Crippen LogP contribution in [0.4, 0.5) is 0 Å².